The van der Waals surface area contributed by atoms with Gasteiger partial charge >= 0.3 is 0 Å². The Balaban J connectivity index is 0.00000261. The molecule has 4 nitrogen and oxygen atoms in total. The molecule has 3 rings (SSSR count). The van der Waals surface area contributed by atoms with Crippen molar-refractivity contribution in [3.8, 4) is 0 Å². The van der Waals surface area contributed by atoms with E-state index in [1.807, 2.05) is 74.8 Å². The van der Waals surface area contributed by atoms with Gasteiger partial charge in [-0.3, -0.25) is 0 Å². The Labute approximate surface area is 169 Å². The Bertz CT molecular complexity index is 858. The minimum absolute atomic E-state index is 0. The van der Waals surface area contributed by atoms with Crippen LogP contribution in [0, 0.1) is 0 Å². The Morgan fingerprint density at radius 2 is 1.07 bits per heavy atom. The van der Waals surface area contributed by atoms with Gasteiger partial charge in [0.05, 0.1) is 11.4 Å². The van der Waals surface area contributed by atoms with Crippen LogP contribution in [0.5, 0.6) is 0 Å². The number of hydrogen-bond acceptors (Lipinski definition) is 6. The third-order valence-corrected chi connectivity index (χ3v) is 6.02. The van der Waals surface area contributed by atoms with E-state index in [9.17, 15) is 0 Å². The largest absolute Gasteiger partial charge is 0.399 e. The monoisotopic (exact) mass is 396 g/mol. The third-order valence-electron chi connectivity index (χ3n) is 3.60. The molecule has 6 heteroatoms. The lowest BCUT2D eigenvalue weighted by molar-refractivity contribution is 1.13. The van der Waals surface area contributed by atoms with Crippen LogP contribution in [0.4, 0.5) is 22.7 Å². The van der Waals surface area contributed by atoms with Gasteiger partial charge in [-0.05, 0) is 72.8 Å². The van der Waals surface area contributed by atoms with Crippen LogP contribution in [-0.2, 0) is 0 Å². The number of azo groups is 1. The minimum atomic E-state index is 0. The molecule has 0 atom stereocenters. The van der Waals surface area contributed by atoms with Crippen LogP contribution in [0.2, 0.25) is 0 Å². The molecule has 0 radical (unpaired) electrons. The van der Waals surface area contributed by atoms with Crippen LogP contribution in [0.25, 0.3) is 0 Å². The Kier molecular flexibility index (Phi) is 7.76. The van der Waals surface area contributed by atoms with Crippen LogP contribution >= 0.6 is 21.6 Å². The zero-order valence-electron chi connectivity index (χ0n) is 14.7. The summed E-state index contributed by atoms with van der Waals surface area (Å²) in [6, 6.07) is 23.9. The van der Waals surface area contributed by atoms with Gasteiger partial charge in [0.25, 0.3) is 0 Å². The van der Waals surface area contributed by atoms with Gasteiger partial charge < -0.3 is 10.6 Å². The van der Waals surface area contributed by atoms with Crippen molar-refractivity contribution in [1.29, 1.82) is 0 Å². The third kappa shape index (κ3) is 6.34. The molecule has 0 aliphatic rings. The summed E-state index contributed by atoms with van der Waals surface area (Å²) in [4.78, 5) is 4.40. The van der Waals surface area contributed by atoms with Gasteiger partial charge in [-0.15, -0.1) is 0 Å². The van der Waals surface area contributed by atoms with Gasteiger partial charge in [0.2, 0.25) is 0 Å². The SMILES string of the molecule is C.CN(C)c1ccc(N=Nc2ccc(SSc3ccc(N)cc3)cc2)cc1. The number of rotatable bonds is 6. The normalized spacial score (nSPS) is 10.6. The average molecular weight is 397 g/mol. The molecule has 0 aliphatic carbocycles. The van der Waals surface area contributed by atoms with Crippen molar-refractivity contribution in [2.24, 2.45) is 10.2 Å². The summed E-state index contributed by atoms with van der Waals surface area (Å²) < 4.78 is 0. The quantitative estimate of drug-likeness (QED) is 0.272. The highest BCUT2D eigenvalue weighted by Crippen LogP contribution is 2.38. The molecule has 0 bridgehead atoms. The van der Waals surface area contributed by atoms with Crippen LogP contribution in [-0.4, -0.2) is 14.1 Å². The maximum Gasteiger partial charge on any atom is 0.0858 e. The average Bonchev–Trinajstić information content (AvgIpc) is 2.67. The van der Waals surface area contributed by atoms with E-state index in [0.29, 0.717) is 0 Å². The highest BCUT2D eigenvalue weighted by atomic mass is 33.1. The van der Waals surface area contributed by atoms with Crippen molar-refractivity contribution in [2.75, 3.05) is 24.7 Å². The fraction of sp³-hybridized carbons (Fsp3) is 0.143. The number of benzene rings is 3. The number of nitrogen functional groups attached to an aromatic ring is 1. The summed E-state index contributed by atoms with van der Waals surface area (Å²) in [6.07, 6.45) is 0. The lowest BCUT2D eigenvalue weighted by atomic mass is 10.3. The first kappa shape index (κ1) is 20.9. The molecule has 0 saturated heterocycles. The summed E-state index contributed by atoms with van der Waals surface area (Å²) in [5.74, 6) is 0. The molecular weight excluding hydrogens is 372 g/mol. The molecule has 3 aromatic carbocycles. The summed E-state index contributed by atoms with van der Waals surface area (Å²) in [5.41, 5.74) is 9.31. The predicted octanol–water partition coefficient (Wildman–Crippen LogP) is 7.19. The molecule has 27 heavy (non-hydrogen) atoms. The second-order valence-corrected chi connectivity index (χ2v) is 8.12. The Hall–Kier alpha value is -2.44. The fourth-order valence-electron chi connectivity index (χ4n) is 2.12. The molecule has 0 saturated carbocycles. The fourth-order valence-corrected chi connectivity index (χ4v) is 4.05. The molecule has 2 N–H and O–H groups in total. The number of anilines is 2. The molecule has 0 unspecified atom stereocenters. The molecular formula is C21H24N4S2. The van der Waals surface area contributed by atoms with E-state index in [1.165, 1.54) is 9.79 Å². The van der Waals surface area contributed by atoms with Crippen molar-refractivity contribution >= 4 is 44.3 Å². The molecule has 140 valence electrons. The lowest BCUT2D eigenvalue weighted by Gasteiger charge is -2.11. The van der Waals surface area contributed by atoms with Crippen LogP contribution in [0.1, 0.15) is 7.43 Å². The first-order valence-corrected chi connectivity index (χ1v) is 10.2. The standard InChI is InChI=1S/C20H20N4S2.CH4/c1-24(2)18-9-5-16(6-10-18)22-23-17-7-13-20(14-8-17)26-25-19-11-3-15(21)4-12-19;/h3-14H,21H2,1-2H3;1H4. The molecule has 0 aromatic heterocycles. The highest BCUT2D eigenvalue weighted by Gasteiger charge is 1.99. The van der Waals surface area contributed by atoms with E-state index in [1.54, 1.807) is 21.6 Å². The van der Waals surface area contributed by atoms with E-state index in [-0.39, 0.29) is 7.43 Å². The first-order chi connectivity index (χ1) is 12.6. The van der Waals surface area contributed by atoms with E-state index < -0.39 is 0 Å². The molecule has 0 fully saturated rings. The minimum Gasteiger partial charge on any atom is -0.399 e. The van der Waals surface area contributed by atoms with Crippen molar-refractivity contribution in [3.05, 3.63) is 72.8 Å². The van der Waals surface area contributed by atoms with Crippen LogP contribution < -0.4 is 10.6 Å². The molecule has 0 amide bonds. The number of hydrogen-bond donors (Lipinski definition) is 1. The maximum absolute atomic E-state index is 5.70. The first-order valence-electron chi connectivity index (χ1n) is 8.09. The van der Waals surface area contributed by atoms with Gasteiger partial charge in [-0.1, -0.05) is 29.0 Å². The molecule has 3 aromatic rings. The molecule has 0 heterocycles. The Morgan fingerprint density at radius 1 is 0.667 bits per heavy atom. The van der Waals surface area contributed by atoms with Crippen molar-refractivity contribution < 1.29 is 0 Å². The van der Waals surface area contributed by atoms with Crippen LogP contribution in [0.3, 0.4) is 0 Å². The zero-order chi connectivity index (χ0) is 18.4. The van der Waals surface area contributed by atoms with Crippen LogP contribution in [0.15, 0.2) is 92.8 Å². The number of nitrogens with two attached hydrogens (primary N) is 1. The van der Waals surface area contributed by atoms with Gasteiger partial charge in [-0.25, -0.2) is 0 Å². The smallest absolute Gasteiger partial charge is 0.0858 e. The van der Waals surface area contributed by atoms with Crippen molar-refractivity contribution in [1.82, 2.24) is 0 Å². The van der Waals surface area contributed by atoms with E-state index in [4.69, 9.17) is 5.73 Å². The summed E-state index contributed by atoms with van der Waals surface area (Å²) >= 11 is 0. The second kappa shape index (κ2) is 10.0. The summed E-state index contributed by atoms with van der Waals surface area (Å²) in [5, 5.41) is 8.59. The van der Waals surface area contributed by atoms with Crippen molar-refractivity contribution in [2.45, 2.75) is 17.2 Å². The van der Waals surface area contributed by atoms with Crippen molar-refractivity contribution in [3.63, 3.8) is 0 Å². The highest BCUT2D eigenvalue weighted by molar-refractivity contribution is 8.76. The molecule has 0 spiro atoms. The van der Waals surface area contributed by atoms with Gasteiger partial charge in [0.15, 0.2) is 0 Å². The van der Waals surface area contributed by atoms with E-state index in [2.05, 4.69) is 27.3 Å². The molecule has 0 aliphatic heterocycles. The lowest BCUT2D eigenvalue weighted by Crippen LogP contribution is -2.07. The maximum atomic E-state index is 5.70. The van der Waals surface area contributed by atoms with Gasteiger partial charge in [0, 0.05) is 35.3 Å². The predicted molar refractivity (Wildman–Crippen MR) is 121 cm³/mol. The van der Waals surface area contributed by atoms with Gasteiger partial charge in [-0.2, -0.15) is 10.2 Å². The number of nitrogens with zero attached hydrogens (tertiary/aromatic N) is 3. The second-order valence-electron chi connectivity index (χ2n) is 5.84. The van der Waals surface area contributed by atoms with E-state index >= 15 is 0 Å². The summed E-state index contributed by atoms with van der Waals surface area (Å²) in [6.45, 7) is 0. The summed E-state index contributed by atoms with van der Waals surface area (Å²) in [7, 11) is 7.44. The van der Waals surface area contributed by atoms with E-state index in [0.717, 1.165) is 22.7 Å². The Morgan fingerprint density at radius 3 is 1.52 bits per heavy atom. The zero-order valence-corrected chi connectivity index (χ0v) is 16.3. The topological polar surface area (TPSA) is 54.0 Å². The van der Waals surface area contributed by atoms with Gasteiger partial charge in [0.1, 0.15) is 0 Å².